The van der Waals surface area contributed by atoms with Crippen LogP contribution >= 0.6 is 0 Å². The average Bonchev–Trinajstić information content (AvgIpc) is 3.05. The summed E-state index contributed by atoms with van der Waals surface area (Å²) in [5.41, 5.74) is 1.68. The molecule has 0 saturated carbocycles. The number of aryl methyl sites for hydroxylation is 1. The molecule has 2 N–H and O–H groups in total. The number of aromatic nitrogens is 1. The molecule has 0 spiro atoms. The van der Waals surface area contributed by atoms with E-state index in [0.717, 1.165) is 10.9 Å². The Kier molecular flexibility index (Phi) is 5.41. The summed E-state index contributed by atoms with van der Waals surface area (Å²) in [7, 11) is 1.04. The Morgan fingerprint density at radius 2 is 1.81 bits per heavy atom. The second kappa shape index (κ2) is 7.59. The number of fused-ring (bicyclic) bond motifs is 1. The van der Waals surface area contributed by atoms with E-state index in [9.17, 15) is 13.5 Å². The number of nitrogens with zero attached hydrogens (tertiary/aromatic N) is 1. The van der Waals surface area contributed by atoms with Gasteiger partial charge in [-0.05, 0) is 41.3 Å². The van der Waals surface area contributed by atoms with Gasteiger partial charge in [0.1, 0.15) is 0 Å². The van der Waals surface area contributed by atoms with Gasteiger partial charge >= 0.3 is 0 Å². The van der Waals surface area contributed by atoms with Crippen LogP contribution in [0.15, 0.2) is 53.6 Å². The number of hydrogen-bond donors (Lipinski definition) is 2. The summed E-state index contributed by atoms with van der Waals surface area (Å²) < 4.78 is 39.7. The van der Waals surface area contributed by atoms with E-state index in [4.69, 9.17) is 9.47 Å². The highest BCUT2D eigenvalue weighted by Crippen LogP contribution is 2.29. The molecule has 0 saturated heterocycles. The van der Waals surface area contributed by atoms with Gasteiger partial charge in [-0.3, -0.25) is 0 Å². The third kappa shape index (κ3) is 3.92. The van der Waals surface area contributed by atoms with Crippen LogP contribution in [0.25, 0.3) is 10.9 Å². The molecule has 7 nitrogen and oxygen atoms in total. The number of benzene rings is 2. The Morgan fingerprint density at radius 1 is 1.07 bits per heavy atom. The van der Waals surface area contributed by atoms with Crippen molar-refractivity contribution in [3.05, 3.63) is 54.2 Å². The highest BCUT2D eigenvalue weighted by Gasteiger charge is 2.19. The van der Waals surface area contributed by atoms with Crippen LogP contribution in [0.3, 0.4) is 0 Å². The number of methoxy groups -OCH3 is 2. The molecule has 0 aliphatic heterocycles. The standard InChI is InChI=1S/C19H22N2O5S/c1-21-9-8-13-10-14(4-6-16(13)21)17(22)12-20-27(23,24)15-5-7-18(25-2)19(11-15)26-3/h4-11,17,20,22H,12H2,1-3H3/t17-/m0/s1. The lowest BCUT2D eigenvalue weighted by Crippen LogP contribution is -2.28. The molecule has 0 aliphatic carbocycles. The van der Waals surface area contributed by atoms with E-state index >= 15 is 0 Å². The molecule has 8 heteroatoms. The first-order chi connectivity index (χ1) is 12.9. The molecule has 0 unspecified atom stereocenters. The quantitative estimate of drug-likeness (QED) is 0.646. The van der Waals surface area contributed by atoms with Crippen molar-refractivity contribution in [3.8, 4) is 11.5 Å². The summed E-state index contributed by atoms with van der Waals surface area (Å²) in [5, 5.41) is 11.4. The van der Waals surface area contributed by atoms with Crippen LogP contribution in [0.5, 0.6) is 11.5 Å². The molecule has 27 heavy (non-hydrogen) atoms. The van der Waals surface area contributed by atoms with E-state index in [-0.39, 0.29) is 11.4 Å². The fourth-order valence-electron chi connectivity index (χ4n) is 2.88. The molecular weight excluding hydrogens is 368 g/mol. The summed E-state index contributed by atoms with van der Waals surface area (Å²) in [6.07, 6.45) is 0.963. The number of aliphatic hydroxyl groups is 1. The summed E-state index contributed by atoms with van der Waals surface area (Å²) in [5.74, 6) is 0.753. The predicted molar refractivity (Wildman–Crippen MR) is 103 cm³/mol. The number of nitrogens with one attached hydrogen (secondary N) is 1. The van der Waals surface area contributed by atoms with Crippen molar-refractivity contribution in [2.45, 2.75) is 11.0 Å². The molecule has 1 atom stereocenters. The van der Waals surface area contributed by atoms with Crippen LogP contribution in [0.1, 0.15) is 11.7 Å². The minimum Gasteiger partial charge on any atom is -0.493 e. The van der Waals surface area contributed by atoms with Crippen molar-refractivity contribution in [2.24, 2.45) is 7.05 Å². The Labute approximate surface area is 158 Å². The monoisotopic (exact) mass is 390 g/mol. The van der Waals surface area contributed by atoms with E-state index in [1.54, 1.807) is 6.07 Å². The second-order valence-corrected chi connectivity index (χ2v) is 7.90. The summed E-state index contributed by atoms with van der Waals surface area (Å²) in [6.45, 7) is -0.144. The van der Waals surface area contributed by atoms with Crippen molar-refractivity contribution in [1.29, 1.82) is 0 Å². The lowest BCUT2D eigenvalue weighted by molar-refractivity contribution is 0.182. The highest BCUT2D eigenvalue weighted by molar-refractivity contribution is 7.89. The number of ether oxygens (including phenoxy) is 2. The van der Waals surface area contributed by atoms with Crippen molar-refractivity contribution >= 4 is 20.9 Å². The van der Waals surface area contributed by atoms with E-state index in [1.807, 2.05) is 36.0 Å². The van der Waals surface area contributed by atoms with Gasteiger partial charge in [-0.15, -0.1) is 0 Å². The third-order valence-electron chi connectivity index (χ3n) is 4.43. The molecule has 1 heterocycles. The topological polar surface area (TPSA) is 89.8 Å². The Hall–Kier alpha value is -2.55. The van der Waals surface area contributed by atoms with Crippen LogP contribution < -0.4 is 14.2 Å². The van der Waals surface area contributed by atoms with Crippen LogP contribution in [0.2, 0.25) is 0 Å². The zero-order valence-electron chi connectivity index (χ0n) is 15.3. The molecule has 3 rings (SSSR count). The van der Waals surface area contributed by atoms with Crippen molar-refractivity contribution in [2.75, 3.05) is 20.8 Å². The molecule has 2 aromatic carbocycles. The minimum absolute atomic E-state index is 0.0332. The average molecular weight is 390 g/mol. The van der Waals surface area contributed by atoms with Crippen LogP contribution in [0, 0.1) is 0 Å². The van der Waals surface area contributed by atoms with Gasteiger partial charge in [0.15, 0.2) is 11.5 Å². The van der Waals surface area contributed by atoms with Crippen molar-refractivity contribution in [1.82, 2.24) is 9.29 Å². The lowest BCUT2D eigenvalue weighted by atomic mass is 10.1. The normalized spacial score (nSPS) is 12.9. The molecule has 0 fully saturated rings. The fourth-order valence-corrected chi connectivity index (χ4v) is 3.93. The summed E-state index contributed by atoms with van der Waals surface area (Å²) in [6, 6.07) is 11.8. The van der Waals surface area contributed by atoms with Crippen LogP contribution in [-0.4, -0.2) is 38.9 Å². The largest absolute Gasteiger partial charge is 0.493 e. The third-order valence-corrected chi connectivity index (χ3v) is 5.85. The Bertz CT molecular complexity index is 1060. The highest BCUT2D eigenvalue weighted by atomic mass is 32.2. The van der Waals surface area contributed by atoms with E-state index in [0.29, 0.717) is 17.1 Å². The van der Waals surface area contributed by atoms with Gasteiger partial charge in [-0.1, -0.05) is 6.07 Å². The van der Waals surface area contributed by atoms with Gasteiger partial charge in [0.05, 0.1) is 25.2 Å². The number of sulfonamides is 1. The van der Waals surface area contributed by atoms with Gasteiger partial charge in [-0.25, -0.2) is 13.1 Å². The molecule has 144 valence electrons. The van der Waals surface area contributed by atoms with Crippen molar-refractivity contribution < 1.29 is 23.0 Å². The SMILES string of the molecule is COc1ccc(S(=O)(=O)NC[C@H](O)c2ccc3c(ccn3C)c2)cc1OC. The molecular formula is C19H22N2O5S. The minimum atomic E-state index is -3.81. The molecule has 3 aromatic rings. The van der Waals surface area contributed by atoms with Gasteiger partial charge < -0.3 is 19.1 Å². The molecule has 0 amide bonds. The predicted octanol–water partition coefficient (Wildman–Crippen LogP) is 2.21. The Balaban J connectivity index is 1.75. The van der Waals surface area contributed by atoms with Crippen LogP contribution in [-0.2, 0) is 17.1 Å². The maximum atomic E-state index is 12.5. The first-order valence-electron chi connectivity index (χ1n) is 8.30. The molecule has 0 aliphatic rings. The maximum Gasteiger partial charge on any atom is 0.240 e. The van der Waals surface area contributed by atoms with Gasteiger partial charge in [0.25, 0.3) is 0 Å². The smallest absolute Gasteiger partial charge is 0.240 e. The molecule has 1 aromatic heterocycles. The van der Waals surface area contributed by atoms with Gasteiger partial charge in [-0.2, -0.15) is 0 Å². The lowest BCUT2D eigenvalue weighted by Gasteiger charge is -2.14. The van der Waals surface area contributed by atoms with Gasteiger partial charge in [0, 0.05) is 31.4 Å². The first-order valence-corrected chi connectivity index (χ1v) is 9.79. The first kappa shape index (κ1) is 19.2. The number of aliphatic hydroxyl groups excluding tert-OH is 1. The fraction of sp³-hybridized carbons (Fsp3) is 0.263. The zero-order chi connectivity index (χ0) is 19.6. The summed E-state index contributed by atoms with van der Waals surface area (Å²) in [4.78, 5) is 0.0332. The van der Waals surface area contributed by atoms with E-state index in [1.165, 1.54) is 32.4 Å². The Morgan fingerprint density at radius 3 is 2.52 bits per heavy atom. The second-order valence-electron chi connectivity index (χ2n) is 6.13. The van der Waals surface area contributed by atoms with Crippen LogP contribution in [0.4, 0.5) is 0 Å². The zero-order valence-corrected chi connectivity index (χ0v) is 16.2. The van der Waals surface area contributed by atoms with Gasteiger partial charge in [0.2, 0.25) is 10.0 Å². The summed E-state index contributed by atoms with van der Waals surface area (Å²) >= 11 is 0. The maximum absolute atomic E-state index is 12.5. The van der Waals surface area contributed by atoms with E-state index in [2.05, 4.69) is 4.72 Å². The van der Waals surface area contributed by atoms with Crippen molar-refractivity contribution in [3.63, 3.8) is 0 Å². The molecule has 0 radical (unpaired) electrons. The molecule has 0 bridgehead atoms. The van der Waals surface area contributed by atoms with E-state index < -0.39 is 16.1 Å². The number of rotatable bonds is 7. The number of hydrogen-bond acceptors (Lipinski definition) is 5.